The monoisotopic (exact) mass is 465 g/mol. The molecule has 6 nitrogen and oxygen atoms in total. The maximum absolute atomic E-state index is 13.3. The van der Waals surface area contributed by atoms with Crippen LogP contribution in [0.3, 0.4) is 0 Å². The largest absolute Gasteiger partial charge is 0.467 e. The Balaban J connectivity index is 1.46. The molecule has 0 saturated heterocycles. The number of hydrogen-bond donors (Lipinski definition) is 0. The first-order chi connectivity index (χ1) is 15.5. The van der Waals surface area contributed by atoms with Crippen LogP contribution in [-0.2, 0) is 24.2 Å². The summed E-state index contributed by atoms with van der Waals surface area (Å²) in [6, 6.07) is 13.7. The highest BCUT2D eigenvalue weighted by atomic mass is 32.2. The number of aryl methyl sites for hydroxylation is 1. The highest BCUT2D eigenvalue weighted by Crippen LogP contribution is 2.33. The summed E-state index contributed by atoms with van der Waals surface area (Å²) in [4.78, 5) is 35.0. The number of nitrogens with zero attached hydrogens (tertiary/aromatic N) is 3. The Hall–Kier alpha value is -2.84. The summed E-state index contributed by atoms with van der Waals surface area (Å²) in [5.74, 6) is 0.905. The van der Waals surface area contributed by atoms with Gasteiger partial charge >= 0.3 is 0 Å². The first kappa shape index (κ1) is 21.0. The van der Waals surface area contributed by atoms with Gasteiger partial charge < -0.3 is 9.32 Å². The Morgan fingerprint density at radius 1 is 1.28 bits per heavy atom. The van der Waals surface area contributed by atoms with Crippen LogP contribution in [0.5, 0.6) is 0 Å². The first-order valence-corrected chi connectivity index (χ1v) is 12.4. The van der Waals surface area contributed by atoms with Gasteiger partial charge in [-0.1, -0.05) is 36.9 Å². The van der Waals surface area contributed by atoms with Crippen molar-refractivity contribution in [3.05, 3.63) is 75.3 Å². The lowest BCUT2D eigenvalue weighted by molar-refractivity contribution is -0.116. The van der Waals surface area contributed by atoms with E-state index < -0.39 is 0 Å². The van der Waals surface area contributed by atoms with Crippen LogP contribution >= 0.6 is 23.1 Å². The van der Waals surface area contributed by atoms with Gasteiger partial charge in [-0.15, -0.1) is 11.3 Å². The van der Waals surface area contributed by atoms with Crippen LogP contribution in [-0.4, -0.2) is 27.3 Å². The molecule has 0 spiro atoms. The predicted molar refractivity (Wildman–Crippen MR) is 129 cm³/mol. The van der Waals surface area contributed by atoms with Crippen LogP contribution in [0.2, 0.25) is 0 Å². The molecule has 5 rings (SSSR count). The van der Waals surface area contributed by atoms with Gasteiger partial charge in [0.1, 0.15) is 10.6 Å². The molecule has 0 aliphatic carbocycles. The summed E-state index contributed by atoms with van der Waals surface area (Å²) < 4.78 is 7.09. The van der Waals surface area contributed by atoms with E-state index in [2.05, 4.69) is 19.9 Å². The first-order valence-electron chi connectivity index (χ1n) is 10.6. The van der Waals surface area contributed by atoms with Crippen molar-refractivity contribution in [1.82, 2.24) is 9.55 Å². The molecular formula is C24H23N3O3S2. The van der Waals surface area contributed by atoms with Gasteiger partial charge in [0, 0.05) is 16.6 Å². The lowest BCUT2D eigenvalue weighted by Gasteiger charge is -2.22. The number of carbonyl (C=O) groups excluding carboxylic acids is 1. The Bertz CT molecular complexity index is 1340. The summed E-state index contributed by atoms with van der Waals surface area (Å²) >= 11 is 2.85. The molecule has 1 aromatic carbocycles. The van der Waals surface area contributed by atoms with Gasteiger partial charge in [0.2, 0.25) is 5.91 Å². The average molecular weight is 466 g/mol. The average Bonchev–Trinajstić information content (AvgIpc) is 3.52. The van der Waals surface area contributed by atoms with Crippen LogP contribution in [0.1, 0.15) is 30.0 Å². The lowest BCUT2D eigenvalue weighted by atomic mass is 10.1. The molecule has 32 heavy (non-hydrogen) atoms. The minimum absolute atomic E-state index is 0.0202. The second kappa shape index (κ2) is 8.60. The van der Waals surface area contributed by atoms with E-state index in [1.807, 2.05) is 35.2 Å². The molecule has 0 fully saturated rings. The number of thioether (sulfide) groups is 1. The number of carbonyl (C=O) groups is 1. The normalized spacial score (nSPS) is 15.4. The number of aromatic nitrogens is 2. The van der Waals surface area contributed by atoms with Gasteiger partial charge in [0.15, 0.2) is 5.16 Å². The topological polar surface area (TPSA) is 68.3 Å². The molecule has 0 bridgehead atoms. The summed E-state index contributed by atoms with van der Waals surface area (Å²) in [7, 11) is 0. The highest BCUT2D eigenvalue weighted by Gasteiger charge is 2.30. The zero-order valence-electron chi connectivity index (χ0n) is 17.9. The number of para-hydroxylation sites is 1. The van der Waals surface area contributed by atoms with Crippen LogP contribution in [0.25, 0.3) is 10.2 Å². The van der Waals surface area contributed by atoms with E-state index in [9.17, 15) is 9.59 Å². The number of furan rings is 1. The third-order valence-electron chi connectivity index (χ3n) is 5.71. The van der Waals surface area contributed by atoms with Crippen molar-refractivity contribution in [2.24, 2.45) is 0 Å². The van der Waals surface area contributed by atoms with Gasteiger partial charge in [0.05, 0.1) is 23.9 Å². The smallest absolute Gasteiger partial charge is 0.263 e. The molecule has 1 aliphatic rings. The third-order valence-corrected chi connectivity index (χ3v) is 7.84. The van der Waals surface area contributed by atoms with Gasteiger partial charge in [-0.05, 0) is 49.6 Å². The maximum atomic E-state index is 13.3. The van der Waals surface area contributed by atoms with Gasteiger partial charge in [-0.25, -0.2) is 4.98 Å². The molecule has 3 aromatic heterocycles. The number of thiophene rings is 1. The lowest BCUT2D eigenvalue weighted by Crippen LogP contribution is -2.37. The second-order valence-corrected chi connectivity index (χ2v) is 9.94. The van der Waals surface area contributed by atoms with E-state index in [4.69, 9.17) is 9.40 Å². The number of benzene rings is 1. The maximum Gasteiger partial charge on any atom is 0.263 e. The van der Waals surface area contributed by atoms with Crippen molar-refractivity contribution >= 4 is 44.9 Å². The zero-order valence-corrected chi connectivity index (χ0v) is 19.5. The van der Waals surface area contributed by atoms with E-state index in [1.165, 1.54) is 28.7 Å². The fourth-order valence-corrected chi connectivity index (χ4v) is 6.04. The summed E-state index contributed by atoms with van der Waals surface area (Å²) in [5, 5.41) is 1.16. The van der Waals surface area contributed by atoms with Crippen molar-refractivity contribution in [3.8, 4) is 0 Å². The SMILES string of the molecule is CCc1cc2c(=O)n(Cc3ccco3)c(SCC(=O)N3c4ccccc4C[C@H]3C)nc2s1. The van der Waals surface area contributed by atoms with Crippen LogP contribution in [0.4, 0.5) is 5.69 Å². The Morgan fingerprint density at radius 3 is 2.91 bits per heavy atom. The summed E-state index contributed by atoms with van der Waals surface area (Å²) in [6.07, 6.45) is 3.30. The van der Waals surface area contributed by atoms with Gasteiger partial charge in [0.25, 0.3) is 5.56 Å². The predicted octanol–water partition coefficient (Wildman–Crippen LogP) is 4.73. The van der Waals surface area contributed by atoms with Gasteiger partial charge in [-0.3, -0.25) is 14.2 Å². The Kier molecular flexibility index (Phi) is 5.65. The minimum Gasteiger partial charge on any atom is -0.467 e. The minimum atomic E-state index is -0.0998. The Morgan fingerprint density at radius 2 is 2.12 bits per heavy atom. The Labute approximate surface area is 193 Å². The fourth-order valence-electron chi connectivity index (χ4n) is 4.17. The number of hydrogen-bond acceptors (Lipinski definition) is 6. The van der Waals surface area contributed by atoms with E-state index in [0.717, 1.165) is 28.2 Å². The van der Waals surface area contributed by atoms with E-state index in [-0.39, 0.29) is 29.8 Å². The molecule has 164 valence electrons. The van der Waals surface area contributed by atoms with Crippen molar-refractivity contribution < 1.29 is 9.21 Å². The molecule has 0 radical (unpaired) electrons. The molecule has 8 heteroatoms. The standard InChI is InChI=1S/C24H23N3O3S2/c1-3-18-12-19-22(32-18)25-24(26(23(19)29)13-17-8-6-10-30-17)31-14-21(28)27-15(2)11-16-7-4-5-9-20(16)27/h4-10,12,15H,3,11,13-14H2,1-2H3/t15-/m1/s1. The van der Waals surface area contributed by atoms with Crippen LogP contribution < -0.4 is 10.5 Å². The molecule has 4 heterocycles. The summed E-state index contributed by atoms with van der Waals surface area (Å²) in [6.45, 7) is 4.42. The fraction of sp³-hybridized carbons (Fsp3) is 0.292. The van der Waals surface area contributed by atoms with Crippen molar-refractivity contribution in [1.29, 1.82) is 0 Å². The van der Waals surface area contributed by atoms with Crippen molar-refractivity contribution in [2.75, 3.05) is 10.7 Å². The molecule has 0 unspecified atom stereocenters. The molecular weight excluding hydrogens is 442 g/mol. The zero-order chi connectivity index (χ0) is 22.2. The molecule has 4 aromatic rings. The molecule has 0 saturated carbocycles. The molecule has 1 amide bonds. The number of fused-ring (bicyclic) bond motifs is 2. The van der Waals surface area contributed by atoms with Crippen molar-refractivity contribution in [2.45, 2.75) is 44.4 Å². The highest BCUT2D eigenvalue weighted by molar-refractivity contribution is 7.99. The molecule has 0 N–H and O–H groups in total. The molecule has 1 aliphatic heterocycles. The van der Waals surface area contributed by atoms with Crippen LogP contribution in [0.15, 0.2) is 63.1 Å². The number of rotatable bonds is 6. The van der Waals surface area contributed by atoms with Gasteiger partial charge in [-0.2, -0.15) is 0 Å². The quantitative estimate of drug-likeness (QED) is 0.304. The number of amides is 1. The summed E-state index contributed by atoms with van der Waals surface area (Å²) in [5.41, 5.74) is 2.07. The third kappa shape index (κ3) is 3.78. The van der Waals surface area contributed by atoms with E-state index in [0.29, 0.717) is 16.3 Å². The van der Waals surface area contributed by atoms with Crippen LogP contribution in [0, 0.1) is 0 Å². The second-order valence-electron chi connectivity index (χ2n) is 7.88. The van der Waals surface area contributed by atoms with E-state index >= 15 is 0 Å². The molecule has 1 atom stereocenters. The van der Waals surface area contributed by atoms with Crippen molar-refractivity contribution in [3.63, 3.8) is 0 Å². The van der Waals surface area contributed by atoms with E-state index in [1.54, 1.807) is 16.9 Å². The number of anilines is 1.